The summed E-state index contributed by atoms with van der Waals surface area (Å²) in [6.45, 7) is 1.10. The number of benzene rings is 1. The first-order chi connectivity index (χ1) is 10.8. The van der Waals surface area contributed by atoms with Crippen molar-refractivity contribution in [3.05, 3.63) is 53.7 Å². The number of amides is 1. The summed E-state index contributed by atoms with van der Waals surface area (Å²) in [4.78, 5) is 21.2. The Kier molecular flexibility index (Phi) is 4.60. The highest BCUT2D eigenvalue weighted by Gasteiger charge is 2.05. The summed E-state index contributed by atoms with van der Waals surface area (Å²) in [5.74, 6) is 0.800. The van der Waals surface area contributed by atoms with Crippen LogP contribution in [0.3, 0.4) is 0 Å². The van der Waals surface area contributed by atoms with Crippen molar-refractivity contribution < 1.29 is 4.79 Å². The molecule has 0 unspecified atom stereocenters. The summed E-state index contributed by atoms with van der Waals surface area (Å²) in [6.07, 6.45) is 1.94. The fourth-order valence-corrected chi connectivity index (χ4v) is 2.84. The molecule has 5 nitrogen and oxygen atoms in total. The van der Waals surface area contributed by atoms with Gasteiger partial charge in [-0.05, 0) is 17.0 Å². The lowest BCUT2D eigenvalue weighted by Gasteiger charge is -2.07. The monoisotopic (exact) mass is 312 g/mol. The van der Waals surface area contributed by atoms with Crippen LogP contribution in [0.25, 0.3) is 10.2 Å². The molecule has 2 aromatic heterocycles. The maximum Gasteiger partial charge on any atom is 0.222 e. The minimum absolute atomic E-state index is 0.0203. The van der Waals surface area contributed by atoms with Crippen LogP contribution in [0.2, 0.25) is 0 Å². The third kappa shape index (κ3) is 3.59. The van der Waals surface area contributed by atoms with Crippen LogP contribution >= 0.6 is 11.3 Å². The molecule has 3 rings (SSSR count). The fraction of sp³-hybridized carbons (Fsp3) is 0.188. The summed E-state index contributed by atoms with van der Waals surface area (Å²) in [6, 6.07) is 11.9. The molecule has 0 aliphatic rings. The minimum atomic E-state index is 0.0203. The molecule has 0 saturated heterocycles. The van der Waals surface area contributed by atoms with E-state index in [0.717, 1.165) is 21.6 Å². The molecule has 1 aromatic carbocycles. The summed E-state index contributed by atoms with van der Waals surface area (Å²) in [5.41, 5.74) is 1.10. The Balaban J connectivity index is 1.46. The molecular formula is C16H16N4OS. The van der Waals surface area contributed by atoms with E-state index >= 15 is 0 Å². The van der Waals surface area contributed by atoms with Crippen molar-refractivity contribution in [3.8, 4) is 0 Å². The molecule has 0 aliphatic carbocycles. The molecule has 0 radical (unpaired) electrons. The quantitative estimate of drug-likeness (QED) is 0.734. The van der Waals surface area contributed by atoms with Crippen LogP contribution in [0, 0.1) is 0 Å². The molecule has 22 heavy (non-hydrogen) atoms. The molecule has 112 valence electrons. The molecule has 0 bridgehead atoms. The van der Waals surface area contributed by atoms with E-state index < -0.39 is 0 Å². The van der Waals surface area contributed by atoms with Crippen molar-refractivity contribution >= 4 is 33.3 Å². The molecule has 0 aliphatic heterocycles. The SMILES string of the molecule is O=C(CCNc1ncnc2sccc12)NCc1ccccc1. The number of carbonyl (C=O) groups is 1. The van der Waals surface area contributed by atoms with Crippen molar-refractivity contribution in [2.24, 2.45) is 0 Å². The van der Waals surface area contributed by atoms with Gasteiger partial charge in [-0.15, -0.1) is 11.3 Å². The summed E-state index contributed by atoms with van der Waals surface area (Å²) in [5, 5.41) is 9.09. The van der Waals surface area contributed by atoms with Crippen LogP contribution in [-0.2, 0) is 11.3 Å². The second-order valence-corrected chi connectivity index (χ2v) is 5.70. The van der Waals surface area contributed by atoms with Gasteiger partial charge in [-0.2, -0.15) is 0 Å². The Morgan fingerprint density at radius 1 is 1.14 bits per heavy atom. The minimum Gasteiger partial charge on any atom is -0.369 e. The first-order valence-corrected chi connectivity index (χ1v) is 7.93. The summed E-state index contributed by atoms with van der Waals surface area (Å²) >= 11 is 1.58. The van der Waals surface area contributed by atoms with Crippen molar-refractivity contribution in [2.45, 2.75) is 13.0 Å². The van der Waals surface area contributed by atoms with E-state index in [-0.39, 0.29) is 5.91 Å². The van der Waals surface area contributed by atoms with E-state index in [4.69, 9.17) is 0 Å². The highest BCUT2D eigenvalue weighted by Crippen LogP contribution is 2.23. The van der Waals surface area contributed by atoms with E-state index in [0.29, 0.717) is 19.5 Å². The number of aromatic nitrogens is 2. The van der Waals surface area contributed by atoms with Crippen molar-refractivity contribution in [1.82, 2.24) is 15.3 Å². The largest absolute Gasteiger partial charge is 0.369 e. The second-order valence-electron chi connectivity index (χ2n) is 4.80. The third-order valence-corrected chi connectivity index (χ3v) is 4.06. The van der Waals surface area contributed by atoms with Gasteiger partial charge in [0.25, 0.3) is 0 Å². The zero-order chi connectivity index (χ0) is 15.2. The molecule has 3 aromatic rings. The van der Waals surface area contributed by atoms with Gasteiger partial charge in [-0.1, -0.05) is 30.3 Å². The van der Waals surface area contributed by atoms with E-state index in [1.165, 1.54) is 6.33 Å². The normalized spacial score (nSPS) is 10.5. The molecule has 2 heterocycles. The number of hydrogen-bond donors (Lipinski definition) is 2. The maximum absolute atomic E-state index is 11.8. The van der Waals surface area contributed by atoms with E-state index in [2.05, 4.69) is 20.6 Å². The van der Waals surface area contributed by atoms with Gasteiger partial charge in [-0.3, -0.25) is 4.79 Å². The average molecular weight is 312 g/mol. The molecule has 1 amide bonds. The van der Waals surface area contributed by atoms with Crippen LogP contribution in [0.5, 0.6) is 0 Å². The predicted molar refractivity (Wildman–Crippen MR) is 88.8 cm³/mol. The molecule has 0 spiro atoms. The number of rotatable bonds is 6. The number of thiophene rings is 1. The van der Waals surface area contributed by atoms with Gasteiger partial charge in [0, 0.05) is 19.5 Å². The Morgan fingerprint density at radius 3 is 2.86 bits per heavy atom. The maximum atomic E-state index is 11.8. The van der Waals surface area contributed by atoms with Crippen LogP contribution in [0.1, 0.15) is 12.0 Å². The van der Waals surface area contributed by atoms with Gasteiger partial charge in [0.05, 0.1) is 5.39 Å². The van der Waals surface area contributed by atoms with Crippen LogP contribution in [0.4, 0.5) is 5.82 Å². The Bertz CT molecular complexity index is 757. The lowest BCUT2D eigenvalue weighted by atomic mass is 10.2. The lowest BCUT2D eigenvalue weighted by molar-refractivity contribution is -0.121. The number of fused-ring (bicyclic) bond motifs is 1. The number of carbonyl (C=O) groups excluding carboxylic acids is 1. The number of hydrogen-bond acceptors (Lipinski definition) is 5. The highest BCUT2D eigenvalue weighted by atomic mass is 32.1. The first-order valence-electron chi connectivity index (χ1n) is 7.05. The number of anilines is 1. The first kappa shape index (κ1) is 14.5. The van der Waals surface area contributed by atoms with Gasteiger partial charge < -0.3 is 10.6 Å². The summed E-state index contributed by atoms with van der Waals surface area (Å²) < 4.78 is 0. The highest BCUT2D eigenvalue weighted by molar-refractivity contribution is 7.16. The van der Waals surface area contributed by atoms with Crippen molar-refractivity contribution in [1.29, 1.82) is 0 Å². The summed E-state index contributed by atoms with van der Waals surface area (Å²) in [7, 11) is 0. The van der Waals surface area contributed by atoms with Gasteiger partial charge in [0.15, 0.2) is 0 Å². The number of nitrogens with zero attached hydrogens (tertiary/aromatic N) is 2. The van der Waals surface area contributed by atoms with Crippen molar-refractivity contribution in [2.75, 3.05) is 11.9 Å². The molecule has 0 fully saturated rings. The average Bonchev–Trinajstić information content (AvgIpc) is 3.03. The molecular weight excluding hydrogens is 296 g/mol. The zero-order valence-electron chi connectivity index (χ0n) is 12.0. The van der Waals surface area contributed by atoms with E-state index in [1.807, 2.05) is 41.8 Å². The zero-order valence-corrected chi connectivity index (χ0v) is 12.8. The third-order valence-electron chi connectivity index (χ3n) is 3.24. The second kappa shape index (κ2) is 7.00. The van der Waals surface area contributed by atoms with E-state index in [1.54, 1.807) is 11.3 Å². The van der Waals surface area contributed by atoms with Gasteiger partial charge in [-0.25, -0.2) is 9.97 Å². The molecule has 6 heteroatoms. The lowest BCUT2D eigenvalue weighted by Crippen LogP contribution is -2.24. The van der Waals surface area contributed by atoms with E-state index in [9.17, 15) is 4.79 Å². The van der Waals surface area contributed by atoms with Gasteiger partial charge >= 0.3 is 0 Å². The smallest absolute Gasteiger partial charge is 0.222 e. The number of nitrogens with one attached hydrogen (secondary N) is 2. The Hall–Kier alpha value is -2.47. The van der Waals surface area contributed by atoms with Crippen LogP contribution in [-0.4, -0.2) is 22.4 Å². The van der Waals surface area contributed by atoms with Crippen LogP contribution < -0.4 is 10.6 Å². The molecule has 0 atom stereocenters. The Labute approximate surface area is 132 Å². The fourth-order valence-electron chi connectivity index (χ4n) is 2.11. The predicted octanol–water partition coefficient (Wildman–Crippen LogP) is 2.81. The molecule has 0 saturated carbocycles. The van der Waals surface area contributed by atoms with Crippen LogP contribution in [0.15, 0.2) is 48.1 Å². The standard InChI is InChI=1S/C16H16N4OS/c21-14(18-10-12-4-2-1-3-5-12)6-8-17-15-13-7-9-22-16(13)20-11-19-15/h1-5,7,9,11H,6,8,10H2,(H,18,21)(H,17,19,20). The molecule has 2 N–H and O–H groups in total. The van der Waals surface area contributed by atoms with Gasteiger partial charge in [0.2, 0.25) is 5.91 Å². The Morgan fingerprint density at radius 2 is 2.00 bits per heavy atom. The van der Waals surface area contributed by atoms with Gasteiger partial charge in [0.1, 0.15) is 17.0 Å². The topological polar surface area (TPSA) is 66.9 Å². The van der Waals surface area contributed by atoms with Crippen molar-refractivity contribution in [3.63, 3.8) is 0 Å².